The van der Waals surface area contributed by atoms with E-state index in [0.29, 0.717) is 50.1 Å². The molecule has 2 atom stereocenters. The van der Waals surface area contributed by atoms with Crippen LogP contribution < -0.4 is 14.5 Å². The third kappa shape index (κ3) is 5.57. The van der Waals surface area contributed by atoms with E-state index in [4.69, 9.17) is 0 Å². The topological polar surface area (TPSA) is 56.3 Å². The van der Waals surface area contributed by atoms with Crippen LogP contribution in [-0.2, 0) is 4.79 Å². The highest BCUT2D eigenvalue weighted by Gasteiger charge is 2.49. The average Bonchev–Trinajstić information content (AvgIpc) is 3.68. The van der Waals surface area contributed by atoms with Crippen molar-refractivity contribution in [1.29, 1.82) is 0 Å². The number of hydrogen-bond acceptors (Lipinski definition) is 5. The fourth-order valence-electron chi connectivity index (χ4n) is 7.52. The molecule has 4 fully saturated rings. The number of alkyl halides is 3. The summed E-state index contributed by atoms with van der Waals surface area (Å²) in [6.07, 6.45) is 0.897. The minimum atomic E-state index is -4.78. The summed E-state index contributed by atoms with van der Waals surface area (Å²) in [5.74, 6) is -0.484. The summed E-state index contributed by atoms with van der Waals surface area (Å²) < 4.78 is 41.2. The number of halogens is 3. The first-order valence-electron chi connectivity index (χ1n) is 15.1. The van der Waals surface area contributed by atoms with Crippen molar-refractivity contribution in [3.05, 3.63) is 53.6 Å². The molecule has 10 heteroatoms. The molecule has 226 valence electrons. The van der Waals surface area contributed by atoms with Gasteiger partial charge in [-0.1, -0.05) is 0 Å². The molecular formula is C32H39F3N4O3. The third-order valence-corrected chi connectivity index (χ3v) is 9.93. The van der Waals surface area contributed by atoms with Gasteiger partial charge in [0.25, 0.3) is 5.91 Å². The zero-order chi connectivity index (χ0) is 29.6. The molecule has 0 bridgehead atoms. The highest BCUT2D eigenvalue weighted by atomic mass is 19.4. The summed E-state index contributed by atoms with van der Waals surface area (Å²) in [5, 5.41) is 0. The Morgan fingerprint density at radius 3 is 2.31 bits per heavy atom. The van der Waals surface area contributed by atoms with Gasteiger partial charge in [0, 0.05) is 61.7 Å². The summed E-state index contributed by atoms with van der Waals surface area (Å²) in [4.78, 5) is 35.6. The van der Waals surface area contributed by atoms with Gasteiger partial charge in [-0.2, -0.15) is 0 Å². The number of likely N-dealkylation sites (tertiary alicyclic amines) is 2. The predicted octanol–water partition coefficient (Wildman–Crippen LogP) is 5.62. The largest absolute Gasteiger partial charge is 0.573 e. The molecule has 4 aliphatic rings. The van der Waals surface area contributed by atoms with E-state index in [9.17, 15) is 22.8 Å². The van der Waals surface area contributed by atoms with Crippen molar-refractivity contribution < 1.29 is 27.5 Å². The number of carbonyl (C=O) groups is 2. The molecular weight excluding hydrogens is 545 g/mol. The molecule has 2 aromatic carbocycles. The maximum Gasteiger partial charge on any atom is 0.573 e. The van der Waals surface area contributed by atoms with E-state index in [0.717, 1.165) is 42.9 Å². The monoisotopic (exact) mass is 584 g/mol. The highest BCUT2D eigenvalue weighted by Crippen LogP contribution is 2.44. The smallest absolute Gasteiger partial charge is 0.406 e. The molecule has 2 aromatic rings. The summed E-state index contributed by atoms with van der Waals surface area (Å²) in [6.45, 7) is 9.26. The standard InChI is InChI=1S/C32H39F3N4O3/c1-22-20-25(37-16-11-26(21-37)38-15-3-4-23(38)2)7-10-28(22)39-19-14-31(30(39)41)12-17-36(18-13-31)29(40)24-5-8-27(9-6-24)42-32(33,34)35/h5-10,20,23,26H,3-4,11-19,21H2,1-2H3. The Hall–Kier alpha value is -3.27. The van der Waals surface area contributed by atoms with E-state index >= 15 is 0 Å². The molecule has 0 saturated carbocycles. The molecule has 0 radical (unpaired) electrons. The first-order valence-corrected chi connectivity index (χ1v) is 15.1. The Kier molecular flexibility index (Phi) is 7.62. The molecule has 0 aromatic heterocycles. The van der Waals surface area contributed by atoms with Crippen molar-refractivity contribution in [3.8, 4) is 5.75 Å². The number of aryl methyl sites for hydroxylation is 1. The minimum absolute atomic E-state index is 0.128. The molecule has 2 amide bonds. The second-order valence-electron chi connectivity index (χ2n) is 12.4. The predicted molar refractivity (Wildman–Crippen MR) is 155 cm³/mol. The number of anilines is 2. The molecule has 42 heavy (non-hydrogen) atoms. The van der Waals surface area contributed by atoms with Gasteiger partial charge in [-0.3, -0.25) is 14.5 Å². The Morgan fingerprint density at radius 1 is 0.952 bits per heavy atom. The van der Waals surface area contributed by atoms with Crippen LogP contribution in [-0.4, -0.2) is 79.3 Å². The molecule has 4 saturated heterocycles. The molecule has 6 rings (SSSR count). The maximum atomic E-state index is 13.8. The van der Waals surface area contributed by atoms with Crippen molar-refractivity contribution in [3.63, 3.8) is 0 Å². The second kappa shape index (κ2) is 11.1. The SMILES string of the molecule is Cc1cc(N2CCC(N3CCCC3C)C2)ccc1N1CCC2(CCN(C(=O)c3ccc(OC(F)(F)F)cc3)CC2)C1=O. The Balaban J connectivity index is 1.06. The van der Waals surface area contributed by atoms with Gasteiger partial charge in [0.2, 0.25) is 5.91 Å². The fourth-order valence-corrected chi connectivity index (χ4v) is 7.52. The number of carbonyl (C=O) groups excluding carboxylic acids is 2. The number of benzene rings is 2. The molecule has 2 unspecified atom stereocenters. The number of piperidine rings is 1. The maximum absolute atomic E-state index is 13.8. The summed E-state index contributed by atoms with van der Waals surface area (Å²) in [7, 11) is 0. The molecule has 4 heterocycles. The van der Waals surface area contributed by atoms with Gasteiger partial charge in [0.15, 0.2) is 0 Å². The van der Waals surface area contributed by atoms with Gasteiger partial charge in [-0.05, 0) is 107 Å². The minimum Gasteiger partial charge on any atom is -0.406 e. The van der Waals surface area contributed by atoms with E-state index in [-0.39, 0.29) is 17.6 Å². The number of hydrogen-bond donors (Lipinski definition) is 0. The first-order chi connectivity index (χ1) is 20.0. The van der Waals surface area contributed by atoms with Crippen LogP contribution in [0.15, 0.2) is 42.5 Å². The van der Waals surface area contributed by atoms with E-state index < -0.39 is 11.8 Å². The van der Waals surface area contributed by atoms with Crippen LogP contribution in [0.2, 0.25) is 0 Å². The van der Waals surface area contributed by atoms with Crippen LogP contribution in [0.3, 0.4) is 0 Å². The van der Waals surface area contributed by atoms with Gasteiger partial charge < -0.3 is 19.4 Å². The van der Waals surface area contributed by atoms with Crippen molar-refractivity contribution in [1.82, 2.24) is 9.80 Å². The lowest BCUT2D eigenvalue weighted by molar-refractivity contribution is -0.274. The highest BCUT2D eigenvalue weighted by molar-refractivity contribution is 6.01. The average molecular weight is 585 g/mol. The lowest BCUT2D eigenvalue weighted by Gasteiger charge is -2.38. The third-order valence-electron chi connectivity index (χ3n) is 9.93. The van der Waals surface area contributed by atoms with Gasteiger partial charge in [0.1, 0.15) is 5.75 Å². The van der Waals surface area contributed by atoms with Crippen molar-refractivity contribution in [2.75, 3.05) is 49.1 Å². The van der Waals surface area contributed by atoms with Crippen LogP contribution in [0, 0.1) is 12.3 Å². The summed E-state index contributed by atoms with van der Waals surface area (Å²) in [6, 6.07) is 12.7. The lowest BCUT2D eigenvalue weighted by atomic mass is 9.77. The Labute approximate surface area is 245 Å². The molecule has 0 N–H and O–H groups in total. The van der Waals surface area contributed by atoms with Gasteiger partial charge in [0.05, 0.1) is 5.41 Å². The Bertz CT molecular complexity index is 1320. The number of rotatable bonds is 5. The summed E-state index contributed by atoms with van der Waals surface area (Å²) >= 11 is 0. The van der Waals surface area contributed by atoms with Gasteiger partial charge in [-0.25, -0.2) is 0 Å². The van der Waals surface area contributed by atoms with Gasteiger partial charge >= 0.3 is 6.36 Å². The van der Waals surface area contributed by atoms with E-state index in [2.05, 4.69) is 46.6 Å². The van der Waals surface area contributed by atoms with E-state index in [1.807, 2.05) is 4.90 Å². The molecule has 0 aliphatic carbocycles. The van der Waals surface area contributed by atoms with Crippen molar-refractivity contribution >= 4 is 23.2 Å². The van der Waals surface area contributed by atoms with E-state index in [1.54, 1.807) is 4.90 Å². The Morgan fingerprint density at radius 2 is 1.67 bits per heavy atom. The molecule has 4 aliphatic heterocycles. The molecule has 7 nitrogen and oxygen atoms in total. The van der Waals surface area contributed by atoms with Crippen LogP contribution in [0.25, 0.3) is 0 Å². The van der Waals surface area contributed by atoms with Crippen LogP contribution in [0.4, 0.5) is 24.5 Å². The molecule has 1 spiro atoms. The second-order valence-corrected chi connectivity index (χ2v) is 12.4. The van der Waals surface area contributed by atoms with Crippen LogP contribution in [0.1, 0.15) is 61.4 Å². The lowest BCUT2D eigenvalue weighted by Crippen LogP contribution is -2.46. The zero-order valence-electron chi connectivity index (χ0n) is 24.3. The zero-order valence-corrected chi connectivity index (χ0v) is 24.3. The first kappa shape index (κ1) is 28.8. The fraction of sp³-hybridized carbons (Fsp3) is 0.562. The number of amides is 2. The number of ether oxygens (including phenoxy) is 1. The van der Waals surface area contributed by atoms with Crippen LogP contribution >= 0.6 is 0 Å². The summed E-state index contributed by atoms with van der Waals surface area (Å²) in [5.41, 5.74) is 3.10. The van der Waals surface area contributed by atoms with E-state index in [1.165, 1.54) is 43.6 Å². The quantitative estimate of drug-likeness (QED) is 0.457. The number of nitrogens with zero attached hydrogens (tertiary/aromatic N) is 4. The van der Waals surface area contributed by atoms with Crippen molar-refractivity contribution in [2.24, 2.45) is 5.41 Å². The van der Waals surface area contributed by atoms with Crippen LogP contribution in [0.5, 0.6) is 5.75 Å². The van der Waals surface area contributed by atoms with Crippen molar-refractivity contribution in [2.45, 2.75) is 70.8 Å². The van der Waals surface area contributed by atoms with Gasteiger partial charge in [-0.15, -0.1) is 13.2 Å². The normalized spacial score (nSPS) is 24.7.